The number of rotatable bonds is 33. The average molecular weight is 759 g/mol. The molecule has 0 spiro atoms. The highest BCUT2D eigenvalue weighted by atomic mass is 31.2. The molecule has 9 nitrogen and oxygen atoms in total. The Morgan fingerprint density at radius 3 is 1.68 bits per heavy atom. The van der Waals surface area contributed by atoms with E-state index in [1.165, 1.54) is 19.3 Å². The van der Waals surface area contributed by atoms with Crippen molar-refractivity contribution < 1.29 is 42.7 Å². The van der Waals surface area contributed by atoms with Crippen LogP contribution in [0.4, 0.5) is 0 Å². The second-order valence-corrected chi connectivity index (χ2v) is 14.1. The van der Waals surface area contributed by atoms with Gasteiger partial charge < -0.3 is 24.0 Å². The molecule has 1 saturated heterocycles. The maximum Gasteiger partial charge on any atom is 0.469 e. The number of hydrogen-bond donors (Lipinski definition) is 2. The molecule has 2 unspecified atom stereocenters. The number of hydrogen-bond acceptors (Lipinski definition) is 7. The summed E-state index contributed by atoms with van der Waals surface area (Å²) >= 11 is 0. The third-order valence-electron chi connectivity index (χ3n) is 8.01. The Hall–Kier alpha value is -3.07. The molecule has 0 aromatic rings. The van der Waals surface area contributed by atoms with E-state index in [1.54, 1.807) is 0 Å². The van der Waals surface area contributed by atoms with E-state index < -0.39 is 32.5 Å². The van der Waals surface area contributed by atoms with Crippen LogP contribution < -0.4 is 0 Å². The Morgan fingerprint density at radius 2 is 1.13 bits per heavy atom. The van der Waals surface area contributed by atoms with Crippen molar-refractivity contribution in [2.24, 2.45) is 0 Å². The van der Waals surface area contributed by atoms with Crippen LogP contribution in [0.15, 0.2) is 97.2 Å². The van der Waals surface area contributed by atoms with Crippen molar-refractivity contribution in [2.75, 3.05) is 13.2 Å². The van der Waals surface area contributed by atoms with Gasteiger partial charge in [0.05, 0.1) is 18.8 Å². The molecule has 0 aromatic carbocycles. The Morgan fingerprint density at radius 1 is 0.623 bits per heavy atom. The highest BCUT2D eigenvalue weighted by Crippen LogP contribution is 2.36. The van der Waals surface area contributed by atoms with E-state index in [0.29, 0.717) is 25.7 Å². The first kappa shape index (κ1) is 48.0. The van der Waals surface area contributed by atoms with Gasteiger partial charge in [-0.1, -0.05) is 124 Å². The molecule has 2 N–H and O–H groups in total. The van der Waals surface area contributed by atoms with Crippen LogP contribution in [-0.4, -0.2) is 53.3 Å². The van der Waals surface area contributed by atoms with Crippen LogP contribution in [0.1, 0.15) is 129 Å². The van der Waals surface area contributed by atoms with Crippen molar-refractivity contribution in [3.05, 3.63) is 97.2 Å². The number of phosphoric ester groups is 1. The summed E-state index contributed by atoms with van der Waals surface area (Å²) in [5.74, 6) is -1.04. The summed E-state index contributed by atoms with van der Waals surface area (Å²) in [5, 5.41) is 0. The van der Waals surface area contributed by atoms with E-state index in [4.69, 9.17) is 24.0 Å². The van der Waals surface area contributed by atoms with Crippen molar-refractivity contribution in [1.82, 2.24) is 0 Å². The first-order valence-corrected chi connectivity index (χ1v) is 21.2. The second kappa shape index (κ2) is 33.5. The molecule has 1 fully saturated rings. The molecule has 298 valence electrons. The molecule has 0 aromatic heterocycles. The Labute approximate surface area is 319 Å². The SMILES string of the molecule is CC/C=C\C/C=C\C/C=C\C/C=C\C/C=C\CCCC(=O)OC[C@H](COP(=O)(O)O)OC(=O)CCCC1OC1C/C=C\C/C=C\C/C=C\CCCCC. The van der Waals surface area contributed by atoms with E-state index in [0.717, 1.165) is 57.8 Å². The lowest BCUT2D eigenvalue weighted by Crippen LogP contribution is -2.29. The van der Waals surface area contributed by atoms with Gasteiger partial charge in [-0.2, -0.15) is 0 Å². The van der Waals surface area contributed by atoms with Gasteiger partial charge in [0.15, 0.2) is 6.10 Å². The van der Waals surface area contributed by atoms with Crippen molar-refractivity contribution in [3.8, 4) is 0 Å². The van der Waals surface area contributed by atoms with Crippen LogP contribution in [0.2, 0.25) is 0 Å². The van der Waals surface area contributed by atoms with E-state index in [2.05, 4.69) is 110 Å². The number of allylic oxidation sites excluding steroid dienone is 15. The van der Waals surface area contributed by atoms with Gasteiger partial charge in [0, 0.05) is 12.8 Å². The van der Waals surface area contributed by atoms with Gasteiger partial charge in [-0.05, 0) is 89.9 Å². The summed E-state index contributed by atoms with van der Waals surface area (Å²) in [5.41, 5.74) is 0. The van der Waals surface area contributed by atoms with Crippen LogP contribution in [0, 0.1) is 0 Å². The molecule has 53 heavy (non-hydrogen) atoms. The molecule has 10 heteroatoms. The van der Waals surface area contributed by atoms with Crippen molar-refractivity contribution in [2.45, 2.75) is 148 Å². The lowest BCUT2D eigenvalue weighted by Gasteiger charge is -2.18. The van der Waals surface area contributed by atoms with E-state index >= 15 is 0 Å². The molecule has 1 aliphatic rings. The topological polar surface area (TPSA) is 132 Å². The number of carbonyl (C=O) groups is 2. The van der Waals surface area contributed by atoms with Gasteiger partial charge >= 0.3 is 19.8 Å². The summed E-state index contributed by atoms with van der Waals surface area (Å²) in [6, 6.07) is 0. The van der Waals surface area contributed by atoms with E-state index in [1.807, 2.05) is 6.08 Å². The van der Waals surface area contributed by atoms with Gasteiger partial charge in [-0.3, -0.25) is 14.1 Å². The standard InChI is InChI=1S/C43H67O9P/c1-3-5-7-9-11-13-15-17-18-19-20-21-23-25-27-29-31-35-42(44)49-37-39(38-50-53(46,47)48)51-43(45)36-32-34-41-40(52-41)33-30-28-26-24-22-16-14-12-10-8-6-4-2/h5,7,11-14,17-18,20-22,24-25,27-28,30,39-41H,3-4,6,8-10,15-16,19,23,26,29,31-38H2,1-2H3,(H2,46,47,48)/b7-5-,13-11-,14-12-,18-17-,21-20-,24-22-,27-25-,30-28-/t39-,40?,41?/m1/s1. The summed E-state index contributed by atoms with van der Waals surface area (Å²) in [6.07, 6.45) is 48.7. The third kappa shape index (κ3) is 33.3. The fourth-order valence-corrected chi connectivity index (χ4v) is 5.38. The molecule has 3 atom stereocenters. The zero-order valence-electron chi connectivity index (χ0n) is 32.3. The number of phosphoric acid groups is 1. The molecule has 1 rings (SSSR count). The first-order valence-electron chi connectivity index (χ1n) is 19.7. The Balaban J connectivity index is 2.20. The zero-order chi connectivity index (χ0) is 38.7. The van der Waals surface area contributed by atoms with Gasteiger partial charge in [-0.15, -0.1) is 0 Å². The minimum atomic E-state index is -4.80. The summed E-state index contributed by atoms with van der Waals surface area (Å²) in [7, 11) is -4.80. The Kier molecular flexibility index (Phi) is 30.3. The van der Waals surface area contributed by atoms with Crippen LogP contribution in [0.25, 0.3) is 0 Å². The number of carbonyl (C=O) groups excluding carboxylic acids is 2. The second-order valence-electron chi connectivity index (χ2n) is 12.9. The number of ether oxygens (including phenoxy) is 3. The predicted molar refractivity (Wildman–Crippen MR) is 215 cm³/mol. The summed E-state index contributed by atoms with van der Waals surface area (Å²) in [6.45, 7) is 3.41. The largest absolute Gasteiger partial charge is 0.469 e. The predicted octanol–water partition coefficient (Wildman–Crippen LogP) is 10.8. The number of esters is 2. The lowest BCUT2D eigenvalue weighted by molar-refractivity contribution is -0.161. The maximum atomic E-state index is 12.5. The zero-order valence-corrected chi connectivity index (χ0v) is 33.2. The van der Waals surface area contributed by atoms with Crippen LogP contribution in [0.3, 0.4) is 0 Å². The molecule has 1 aliphatic heterocycles. The van der Waals surface area contributed by atoms with Crippen LogP contribution in [-0.2, 0) is 32.9 Å². The molecule has 0 radical (unpaired) electrons. The van der Waals surface area contributed by atoms with E-state index in [9.17, 15) is 14.2 Å². The number of epoxide rings is 1. The van der Waals surface area contributed by atoms with E-state index in [-0.39, 0.29) is 31.7 Å². The maximum absolute atomic E-state index is 12.5. The van der Waals surface area contributed by atoms with Crippen LogP contribution >= 0.6 is 7.82 Å². The normalized spacial score (nSPS) is 17.4. The first-order chi connectivity index (χ1) is 25.7. The molecule has 0 amide bonds. The molecule has 0 saturated carbocycles. The van der Waals surface area contributed by atoms with Gasteiger partial charge in [0.2, 0.25) is 0 Å². The molecule has 0 bridgehead atoms. The molecule has 1 heterocycles. The smallest absolute Gasteiger partial charge is 0.462 e. The monoisotopic (exact) mass is 758 g/mol. The van der Waals surface area contributed by atoms with Crippen molar-refractivity contribution in [1.29, 1.82) is 0 Å². The fraction of sp³-hybridized carbons (Fsp3) is 0.581. The molecular weight excluding hydrogens is 691 g/mol. The minimum absolute atomic E-state index is 0.102. The number of unbranched alkanes of at least 4 members (excludes halogenated alkanes) is 4. The van der Waals surface area contributed by atoms with Gasteiger partial charge in [0.25, 0.3) is 0 Å². The van der Waals surface area contributed by atoms with Crippen molar-refractivity contribution in [3.63, 3.8) is 0 Å². The third-order valence-corrected chi connectivity index (χ3v) is 8.50. The summed E-state index contributed by atoms with van der Waals surface area (Å²) < 4.78 is 32.0. The Bertz CT molecular complexity index is 1240. The molecule has 0 aliphatic carbocycles. The lowest BCUT2D eigenvalue weighted by atomic mass is 10.1. The van der Waals surface area contributed by atoms with Gasteiger partial charge in [0.1, 0.15) is 6.61 Å². The quantitative estimate of drug-likeness (QED) is 0.0221. The van der Waals surface area contributed by atoms with Crippen molar-refractivity contribution >= 4 is 19.8 Å². The molecular formula is C43H67O9P. The average Bonchev–Trinajstić information content (AvgIpc) is 3.88. The fourth-order valence-electron chi connectivity index (χ4n) is 5.02. The van der Waals surface area contributed by atoms with Gasteiger partial charge in [-0.25, -0.2) is 4.57 Å². The summed E-state index contributed by atoms with van der Waals surface area (Å²) in [4.78, 5) is 42.9. The highest BCUT2D eigenvalue weighted by Gasteiger charge is 2.36. The highest BCUT2D eigenvalue weighted by molar-refractivity contribution is 7.46. The minimum Gasteiger partial charge on any atom is -0.462 e. The van der Waals surface area contributed by atoms with Crippen LogP contribution in [0.5, 0.6) is 0 Å².